The van der Waals surface area contributed by atoms with Crippen LogP contribution in [0.1, 0.15) is 43.1 Å². The van der Waals surface area contributed by atoms with Gasteiger partial charge in [-0.2, -0.15) is 0 Å². The van der Waals surface area contributed by atoms with Crippen LogP contribution in [0.5, 0.6) is 0 Å². The van der Waals surface area contributed by atoms with E-state index in [1.807, 2.05) is 32.9 Å². The number of hydrogen-bond acceptors (Lipinski definition) is 3. The van der Waals surface area contributed by atoms with Gasteiger partial charge in [0.2, 0.25) is 11.8 Å². The number of nitrogens with zero attached hydrogens (tertiary/aromatic N) is 1. The van der Waals surface area contributed by atoms with E-state index in [0.717, 1.165) is 5.56 Å². The molecule has 0 bridgehead atoms. The Bertz CT molecular complexity index is 589. The van der Waals surface area contributed by atoms with Crippen molar-refractivity contribution in [3.8, 4) is 0 Å². The van der Waals surface area contributed by atoms with Gasteiger partial charge in [0.25, 0.3) is 5.91 Å². The van der Waals surface area contributed by atoms with Crippen molar-refractivity contribution < 1.29 is 14.4 Å². The lowest BCUT2D eigenvalue weighted by molar-refractivity contribution is -0.131. The molecular weight excluding hydrogens is 306 g/mol. The SMILES string of the molecule is CNC(=O)c1ccc(CN(C)C(=O)CCNC(=O)C(C)(C)C)cc1. The molecule has 0 fully saturated rings. The van der Waals surface area contributed by atoms with Gasteiger partial charge in [0, 0.05) is 44.6 Å². The van der Waals surface area contributed by atoms with E-state index in [0.29, 0.717) is 18.7 Å². The summed E-state index contributed by atoms with van der Waals surface area (Å²) in [6.07, 6.45) is 0.259. The van der Waals surface area contributed by atoms with Gasteiger partial charge in [0.1, 0.15) is 0 Å². The molecule has 132 valence electrons. The van der Waals surface area contributed by atoms with Crippen LogP contribution in [0, 0.1) is 5.41 Å². The predicted molar refractivity (Wildman–Crippen MR) is 93.4 cm³/mol. The van der Waals surface area contributed by atoms with E-state index in [1.54, 1.807) is 31.1 Å². The zero-order chi connectivity index (χ0) is 18.3. The van der Waals surface area contributed by atoms with Crippen molar-refractivity contribution in [2.24, 2.45) is 5.41 Å². The third-order valence-electron chi connectivity index (χ3n) is 3.59. The molecule has 0 aliphatic heterocycles. The van der Waals surface area contributed by atoms with Gasteiger partial charge in [-0.05, 0) is 17.7 Å². The zero-order valence-electron chi connectivity index (χ0n) is 15.1. The van der Waals surface area contributed by atoms with Gasteiger partial charge >= 0.3 is 0 Å². The lowest BCUT2D eigenvalue weighted by Gasteiger charge is -2.20. The molecule has 0 unspecified atom stereocenters. The third-order valence-corrected chi connectivity index (χ3v) is 3.59. The van der Waals surface area contributed by atoms with Crippen molar-refractivity contribution in [3.05, 3.63) is 35.4 Å². The number of rotatable bonds is 6. The van der Waals surface area contributed by atoms with Crippen molar-refractivity contribution in [1.29, 1.82) is 0 Å². The van der Waals surface area contributed by atoms with Gasteiger partial charge < -0.3 is 15.5 Å². The van der Waals surface area contributed by atoms with Crippen LogP contribution in [0.4, 0.5) is 0 Å². The number of hydrogen-bond donors (Lipinski definition) is 2. The summed E-state index contributed by atoms with van der Waals surface area (Å²) in [5.41, 5.74) is 1.07. The minimum atomic E-state index is -0.457. The summed E-state index contributed by atoms with van der Waals surface area (Å²) < 4.78 is 0. The summed E-state index contributed by atoms with van der Waals surface area (Å²) in [5.74, 6) is -0.247. The Morgan fingerprint density at radius 3 is 2.17 bits per heavy atom. The smallest absolute Gasteiger partial charge is 0.251 e. The van der Waals surface area contributed by atoms with Crippen molar-refractivity contribution in [1.82, 2.24) is 15.5 Å². The van der Waals surface area contributed by atoms with Crippen LogP contribution >= 0.6 is 0 Å². The summed E-state index contributed by atoms with van der Waals surface area (Å²) in [4.78, 5) is 37.0. The topological polar surface area (TPSA) is 78.5 Å². The monoisotopic (exact) mass is 333 g/mol. The minimum absolute atomic E-state index is 0.0420. The molecule has 0 aromatic heterocycles. The molecule has 24 heavy (non-hydrogen) atoms. The summed E-state index contributed by atoms with van der Waals surface area (Å²) in [6.45, 7) is 6.28. The summed E-state index contributed by atoms with van der Waals surface area (Å²) >= 11 is 0. The van der Waals surface area contributed by atoms with E-state index in [4.69, 9.17) is 0 Å². The van der Waals surface area contributed by atoms with Crippen LogP contribution < -0.4 is 10.6 Å². The molecule has 6 heteroatoms. The fraction of sp³-hybridized carbons (Fsp3) is 0.500. The molecule has 3 amide bonds. The molecule has 1 aromatic carbocycles. The van der Waals surface area contributed by atoms with Crippen molar-refractivity contribution in [3.63, 3.8) is 0 Å². The molecule has 1 rings (SSSR count). The van der Waals surface area contributed by atoms with E-state index >= 15 is 0 Å². The van der Waals surface area contributed by atoms with Gasteiger partial charge in [-0.1, -0.05) is 32.9 Å². The van der Waals surface area contributed by atoms with Crippen LogP contribution in [0.15, 0.2) is 24.3 Å². The molecular formula is C18H27N3O3. The van der Waals surface area contributed by atoms with Crippen LogP contribution in [-0.2, 0) is 16.1 Å². The molecule has 0 aliphatic rings. The molecule has 0 radical (unpaired) electrons. The second-order valence-electron chi connectivity index (χ2n) is 6.78. The largest absolute Gasteiger partial charge is 0.355 e. The van der Waals surface area contributed by atoms with E-state index in [-0.39, 0.29) is 24.1 Å². The van der Waals surface area contributed by atoms with E-state index < -0.39 is 5.41 Å². The Balaban J connectivity index is 2.46. The molecule has 0 saturated carbocycles. The Morgan fingerprint density at radius 2 is 1.67 bits per heavy atom. The maximum absolute atomic E-state index is 12.1. The highest BCUT2D eigenvalue weighted by molar-refractivity contribution is 5.93. The average molecular weight is 333 g/mol. The first kappa shape index (κ1) is 19.7. The first-order valence-electron chi connectivity index (χ1n) is 7.98. The highest BCUT2D eigenvalue weighted by Crippen LogP contribution is 2.12. The molecule has 0 spiro atoms. The molecule has 6 nitrogen and oxygen atoms in total. The highest BCUT2D eigenvalue weighted by Gasteiger charge is 2.21. The highest BCUT2D eigenvalue weighted by atomic mass is 16.2. The normalized spacial score (nSPS) is 10.9. The quantitative estimate of drug-likeness (QED) is 0.829. The summed E-state index contributed by atoms with van der Waals surface area (Å²) in [5, 5.41) is 5.33. The van der Waals surface area contributed by atoms with E-state index in [2.05, 4.69) is 10.6 Å². The molecule has 0 saturated heterocycles. The Kier molecular flexibility index (Phi) is 6.95. The third kappa shape index (κ3) is 6.02. The van der Waals surface area contributed by atoms with Crippen molar-refractivity contribution >= 4 is 17.7 Å². The van der Waals surface area contributed by atoms with Crippen LogP contribution in [-0.4, -0.2) is 43.3 Å². The molecule has 0 aliphatic carbocycles. The molecule has 0 atom stereocenters. The maximum atomic E-state index is 12.1. The van der Waals surface area contributed by atoms with Crippen LogP contribution in [0.2, 0.25) is 0 Å². The molecule has 1 aromatic rings. The van der Waals surface area contributed by atoms with Gasteiger partial charge in [0.05, 0.1) is 0 Å². The lowest BCUT2D eigenvalue weighted by Crippen LogP contribution is -2.37. The lowest BCUT2D eigenvalue weighted by atomic mass is 9.96. The first-order chi connectivity index (χ1) is 11.1. The predicted octanol–water partition coefficient (Wildman–Crippen LogP) is 1.56. The number of carbonyl (C=O) groups is 3. The van der Waals surface area contributed by atoms with Gasteiger partial charge in [-0.15, -0.1) is 0 Å². The molecule has 2 N–H and O–H groups in total. The van der Waals surface area contributed by atoms with Crippen molar-refractivity contribution in [2.75, 3.05) is 20.6 Å². The fourth-order valence-corrected chi connectivity index (χ4v) is 2.01. The Morgan fingerprint density at radius 1 is 1.08 bits per heavy atom. The maximum Gasteiger partial charge on any atom is 0.251 e. The number of carbonyl (C=O) groups excluding carboxylic acids is 3. The summed E-state index contributed by atoms with van der Waals surface area (Å²) in [7, 11) is 3.31. The number of nitrogens with one attached hydrogen (secondary N) is 2. The van der Waals surface area contributed by atoms with E-state index in [1.165, 1.54) is 0 Å². The average Bonchev–Trinajstić information content (AvgIpc) is 2.53. The summed E-state index contributed by atoms with van der Waals surface area (Å²) in [6, 6.07) is 7.12. The molecule has 0 heterocycles. The van der Waals surface area contributed by atoms with Crippen molar-refractivity contribution in [2.45, 2.75) is 33.7 Å². The minimum Gasteiger partial charge on any atom is -0.355 e. The standard InChI is InChI=1S/C18H27N3O3/c1-18(2,3)17(24)20-11-10-15(22)21(5)12-13-6-8-14(9-7-13)16(23)19-4/h6-9H,10-12H2,1-5H3,(H,19,23)(H,20,24). The first-order valence-corrected chi connectivity index (χ1v) is 7.98. The zero-order valence-corrected chi connectivity index (χ0v) is 15.1. The van der Waals surface area contributed by atoms with Gasteiger partial charge in [-0.25, -0.2) is 0 Å². The van der Waals surface area contributed by atoms with Crippen LogP contribution in [0.25, 0.3) is 0 Å². The van der Waals surface area contributed by atoms with E-state index in [9.17, 15) is 14.4 Å². The second kappa shape index (κ2) is 8.47. The number of amides is 3. The Hall–Kier alpha value is -2.37. The number of benzene rings is 1. The Labute approximate surface area is 143 Å². The second-order valence-corrected chi connectivity index (χ2v) is 6.78. The van der Waals surface area contributed by atoms with Gasteiger partial charge in [-0.3, -0.25) is 14.4 Å². The van der Waals surface area contributed by atoms with Crippen LogP contribution in [0.3, 0.4) is 0 Å². The fourth-order valence-electron chi connectivity index (χ4n) is 2.01. The van der Waals surface area contributed by atoms with Gasteiger partial charge in [0.15, 0.2) is 0 Å².